The van der Waals surface area contributed by atoms with Crippen molar-refractivity contribution in [2.45, 2.75) is 26.0 Å². The molecule has 2 nitrogen and oxygen atoms in total. The smallest absolute Gasteiger partial charge is 0.0552 e. The van der Waals surface area contributed by atoms with E-state index in [1.54, 1.807) is 0 Å². The number of hydrogen-bond acceptors (Lipinski definition) is 2. The lowest BCUT2D eigenvalue weighted by molar-refractivity contribution is 0.195. The van der Waals surface area contributed by atoms with Crippen molar-refractivity contribution in [3.63, 3.8) is 0 Å². The van der Waals surface area contributed by atoms with Gasteiger partial charge in [0.1, 0.15) is 0 Å². The lowest BCUT2D eigenvalue weighted by atomic mass is 10.1. The topological polar surface area (TPSA) is 23.5 Å². The monoisotopic (exact) mass is 193 g/mol. The van der Waals surface area contributed by atoms with Crippen LogP contribution in [0.3, 0.4) is 0 Å². The van der Waals surface area contributed by atoms with Crippen LogP contribution in [-0.4, -0.2) is 30.2 Å². The average Bonchev–Trinajstić information content (AvgIpc) is 2.01. The van der Waals surface area contributed by atoms with E-state index in [0.29, 0.717) is 0 Å². The molecular weight excluding hydrogens is 174 g/mol. The molecule has 78 valence electrons. The largest absolute Gasteiger partial charge is 0.393 e. The Morgan fingerprint density at radius 3 is 2.50 bits per heavy atom. The molecular formula is C12H19NO. The highest BCUT2D eigenvalue weighted by atomic mass is 16.3. The Morgan fingerprint density at radius 2 is 1.93 bits per heavy atom. The fourth-order valence-electron chi connectivity index (χ4n) is 1.56. The minimum absolute atomic E-state index is 0.260. The van der Waals surface area contributed by atoms with Crippen molar-refractivity contribution in [2.75, 3.05) is 14.1 Å². The minimum atomic E-state index is -0.260. The second-order valence-corrected chi connectivity index (χ2v) is 4.11. The van der Waals surface area contributed by atoms with Crippen LogP contribution in [0.15, 0.2) is 24.3 Å². The molecule has 1 N–H and O–H groups in total. The van der Waals surface area contributed by atoms with Crippen molar-refractivity contribution in [1.29, 1.82) is 0 Å². The zero-order valence-corrected chi connectivity index (χ0v) is 9.20. The molecule has 0 fully saturated rings. The Morgan fingerprint density at radius 1 is 1.29 bits per heavy atom. The van der Waals surface area contributed by atoms with Crippen molar-refractivity contribution in [1.82, 2.24) is 4.90 Å². The van der Waals surface area contributed by atoms with Gasteiger partial charge in [0.2, 0.25) is 0 Å². The summed E-state index contributed by atoms with van der Waals surface area (Å²) in [6.45, 7) is 2.77. The third-order valence-electron chi connectivity index (χ3n) is 2.02. The molecule has 2 heteroatoms. The molecule has 1 unspecified atom stereocenters. The Labute approximate surface area is 86.2 Å². The first-order valence-electron chi connectivity index (χ1n) is 4.98. The molecule has 0 amide bonds. The molecule has 1 aromatic rings. The molecule has 0 bridgehead atoms. The highest BCUT2D eigenvalue weighted by molar-refractivity contribution is 5.23. The standard InChI is InChI=1S/C12H19NO/c1-10(14)7-11-5-4-6-12(8-11)9-13(2)3/h4-6,8,10,14H,7,9H2,1-3H3. The maximum absolute atomic E-state index is 9.27. The van der Waals surface area contributed by atoms with Gasteiger partial charge in [0.25, 0.3) is 0 Å². The zero-order valence-electron chi connectivity index (χ0n) is 9.20. The van der Waals surface area contributed by atoms with Crippen molar-refractivity contribution in [3.05, 3.63) is 35.4 Å². The third-order valence-corrected chi connectivity index (χ3v) is 2.02. The number of nitrogens with zero attached hydrogens (tertiary/aromatic N) is 1. The van der Waals surface area contributed by atoms with Gasteiger partial charge in [-0.1, -0.05) is 24.3 Å². The van der Waals surface area contributed by atoms with Crippen LogP contribution in [0.1, 0.15) is 18.1 Å². The molecule has 0 aromatic heterocycles. The average molecular weight is 193 g/mol. The van der Waals surface area contributed by atoms with E-state index in [1.165, 1.54) is 11.1 Å². The predicted octanol–water partition coefficient (Wildman–Crippen LogP) is 1.67. The van der Waals surface area contributed by atoms with Gasteiger partial charge in [0.05, 0.1) is 6.10 Å². The molecule has 0 aliphatic carbocycles. The Bertz CT molecular complexity index is 256. The number of rotatable bonds is 4. The lowest BCUT2D eigenvalue weighted by Gasteiger charge is -2.11. The van der Waals surface area contributed by atoms with E-state index in [1.807, 2.05) is 6.92 Å². The summed E-state index contributed by atoms with van der Waals surface area (Å²) in [7, 11) is 4.11. The molecule has 1 rings (SSSR count). The number of aliphatic hydroxyl groups excluding tert-OH is 1. The van der Waals surface area contributed by atoms with Gasteiger partial charge in [-0.25, -0.2) is 0 Å². The summed E-state index contributed by atoms with van der Waals surface area (Å²) >= 11 is 0. The van der Waals surface area contributed by atoms with E-state index in [2.05, 4.69) is 43.3 Å². The van der Waals surface area contributed by atoms with E-state index in [9.17, 15) is 5.11 Å². The third kappa shape index (κ3) is 3.90. The molecule has 0 radical (unpaired) electrons. The summed E-state index contributed by atoms with van der Waals surface area (Å²) in [5, 5.41) is 9.27. The fraction of sp³-hybridized carbons (Fsp3) is 0.500. The molecule has 0 aliphatic heterocycles. The maximum atomic E-state index is 9.27. The highest BCUT2D eigenvalue weighted by Crippen LogP contribution is 2.09. The molecule has 1 aromatic carbocycles. The summed E-state index contributed by atoms with van der Waals surface area (Å²) < 4.78 is 0. The van der Waals surface area contributed by atoms with Gasteiger partial charge in [-0.15, -0.1) is 0 Å². The van der Waals surface area contributed by atoms with Gasteiger partial charge < -0.3 is 10.0 Å². The van der Waals surface area contributed by atoms with E-state index in [4.69, 9.17) is 0 Å². The Balaban J connectivity index is 2.68. The van der Waals surface area contributed by atoms with Crippen molar-refractivity contribution in [3.8, 4) is 0 Å². The first-order valence-corrected chi connectivity index (χ1v) is 4.98. The second kappa shape index (κ2) is 5.13. The van der Waals surface area contributed by atoms with Gasteiger partial charge in [0.15, 0.2) is 0 Å². The molecule has 0 saturated heterocycles. The molecule has 14 heavy (non-hydrogen) atoms. The number of benzene rings is 1. The van der Waals surface area contributed by atoms with Gasteiger partial charge >= 0.3 is 0 Å². The maximum Gasteiger partial charge on any atom is 0.0552 e. The summed E-state index contributed by atoms with van der Waals surface area (Å²) in [6.07, 6.45) is 0.478. The fourth-order valence-corrected chi connectivity index (χ4v) is 1.56. The van der Waals surface area contributed by atoms with Gasteiger partial charge in [-0.05, 0) is 38.6 Å². The van der Waals surface area contributed by atoms with Crippen LogP contribution in [0.5, 0.6) is 0 Å². The van der Waals surface area contributed by atoms with Crippen LogP contribution in [0.2, 0.25) is 0 Å². The van der Waals surface area contributed by atoms with Gasteiger partial charge in [-0.3, -0.25) is 0 Å². The highest BCUT2D eigenvalue weighted by Gasteiger charge is 2.00. The molecule has 0 aliphatic rings. The lowest BCUT2D eigenvalue weighted by Crippen LogP contribution is -2.11. The number of hydrogen-bond donors (Lipinski definition) is 1. The van der Waals surface area contributed by atoms with E-state index in [-0.39, 0.29) is 6.10 Å². The normalized spacial score (nSPS) is 13.2. The van der Waals surface area contributed by atoms with E-state index >= 15 is 0 Å². The predicted molar refractivity (Wildman–Crippen MR) is 59.2 cm³/mol. The summed E-state index contributed by atoms with van der Waals surface area (Å²) in [6, 6.07) is 8.39. The van der Waals surface area contributed by atoms with Crippen LogP contribution < -0.4 is 0 Å². The van der Waals surface area contributed by atoms with Gasteiger partial charge in [0, 0.05) is 6.54 Å². The Kier molecular flexibility index (Phi) is 4.11. The van der Waals surface area contributed by atoms with Crippen LogP contribution in [-0.2, 0) is 13.0 Å². The molecule has 0 saturated carbocycles. The quantitative estimate of drug-likeness (QED) is 0.786. The van der Waals surface area contributed by atoms with Crippen molar-refractivity contribution >= 4 is 0 Å². The summed E-state index contributed by atoms with van der Waals surface area (Å²) in [5.74, 6) is 0. The van der Waals surface area contributed by atoms with Crippen LogP contribution >= 0.6 is 0 Å². The van der Waals surface area contributed by atoms with Crippen LogP contribution in [0, 0.1) is 0 Å². The van der Waals surface area contributed by atoms with E-state index < -0.39 is 0 Å². The van der Waals surface area contributed by atoms with E-state index in [0.717, 1.165) is 13.0 Å². The van der Waals surface area contributed by atoms with Crippen molar-refractivity contribution in [2.24, 2.45) is 0 Å². The first kappa shape index (κ1) is 11.2. The molecule has 1 atom stereocenters. The summed E-state index contributed by atoms with van der Waals surface area (Å²) in [4.78, 5) is 2.14. The first-order chi connectivity index (χ1) is 6.58. The van der Waals surface area contributed by atoms with Crippen molar-refractivity contribution < 1.29 is 5.11 Å². The Hall–Kier alpha value is -0.860. The second-order valence-electron chi connectivity index (χ2n) is 4.11. The SMILES string of the molecule is CC(O)Cc1cccc(CN(C)C)c1. The zero-order chi connectivity index (χ0) is 10.6. The van der Waals surface area contributed by atoms with Gasteiger partial charge in [-0.2, -0.15) is 0 Å². The summed E-state index contributed by atoms with van der Waals surface area (Å²) in [5.41, 5.74) is 2.51. The molecule has 0 heterocycles. The molecule has 0 spiro atoms. The number of aliphatic hydroxyl groups is 1. The van der Waals surface area contributed by atoms with Crippen LogP contribution in [0.4, 0.5) is 0 Å². The van der Waals surface area contributed by atoms with Crippen LogP contribution in [0.25, 0.3) is 0 Å². The minimum Gasteiger partial charge on any atom is -0.393 e.